The summed E-state index contributed by atoms with van der Waals surface area (Å²) < 4.78 is 10.2. The molecule has 0 saturated carbocycles. The molecule has 1 amide bonds. The number of nitrogens with two attached hydrogens (primary N) is 1. The monoisotopic (exact) mass is 294 g/mol. The van der Waals surface area contributed by atoms with E-state index in [9.17, 15) is 9.59 Å². The summed E-state index contributed by atoms with van der Waals surface area (Å²) in [6.45, 7) is 3.87. The maximum atomic E-state index is 12.0. The Kier molecular flexibility index (Phi) is 7.33. The highest BCUT2D eigenvalue weighted by Gasteiger charge is 2.38. The lowest BCUT2D eigenvalue weighted by Crippen LogP contribution is -2.55. The van der Waals surface area contributed by atoms with Gasteiger partial charge in [-0.15, -0.1) is 12.4 Å². The van der Waals surface area contributed by atoms with Gasteiger partial charge in [0.05, 0.1) is 13.2 Å². The molecule has 0 bridgehead atoms. The quantitative estimate of drug-likeness (QED) is 0.715. The second kappa shape index (κ2) is 7.67. The van der Waals surface area contributed by atoms with Crippen molar-refractivity contribution in [2.75, 3.05) is 13.7 Å². The molecule has 6 nitrogen and oxygen atoms in total. The number of amides is 1. The van der Waals surface area contributed by atoms with Gasteiger partial charge < -0.3 is 20.5 Å². The number of hydrogen-bond donors (Lipinski definition) is 2. The number of nitrogens with one attached hydrogen (secondary N) is 1. The van der Waals surface area contributed by atoms with Crippen LogP contribution < -0.4 is 11.1 Å². The van der Waals surface area contributed by atoms with Crippen molar-refractivity contribution in [3.63, 3.8) is 0 Å². The van der Waals surface area contributed by atoms with Crippen LogP contribution in [-0.2, 0) is 19.1 Å². The zero-order valence-electron chi connectivity index (χ0n) is 11.6. The Labute approximate surface area is 119 Å². The van der Waals surface area contributed by atoms with Crippen molar-refractivity contribution >= 4 is 24.3 Å². The molecule has 7 heteroatoms. The van der Waals surface area contributed by atoms with Crippen molar-refractivity contribution in [1.29, 1.82) is 0 Å². The Morgan fingerprint density at radius 2 is 2.11 bits per heavy atom. The molecule has 19 heavy (non-hydrogen) atoms. The van der Waals surface area contributed by atoms with Gasteiger partial charge in [-0.2, -0.15) is 0 Å². The van der Waals surface area contributed by atoms with Crippen LogP contribution in [0.5, 0.6) is 0 Å². The predicted molar refractivity (Wildman–Crippen MR) is 73.1 cm³/mol. The third-order valence-corrected chi connectivity index (χ3v) is 3.40. The fraction of sp³-hybridized carbons (Fsp3) is 0.833. The second-order valence-corrected chi connectivity index (χ2v) is 4.73. The van der Waals surface area contributed by atoms with E-state index in [2.05, 4.69) is 5.32 Å². The molecule has 0 aromatic carbocycles. The number of hydrogen-bond acceptors (Lipinski definition) is 5. The lowest BCUT2D eigenvalue weighted by molar-refractivity contribution is -0.152. The van der Waals surface area contributed by atoms with E-state index in [0.29, 0.717) is 19.4 Å². The van der Waals surface area contributed by atoms with E-state index in [0.717, 1.165) is 6.42 Å². The molecule has 0 aliphatic carbocycles. The Hall–Kier alpha value is -0.850. The van der Waals surface area contributed by atoms with Crippen LogP contribution in [0.25, 0.3) is 0 Å². The van der Waals surface area contributed by atoms with Crippen LogP contribution in [0.15, 0.2) is 0 Å². The van der Waals surface area contributed by atoms with Gasteiger partial charge in [-0.1, -0.05) is 6.92 Å². The molecule has 1 heterocycles. The SMILES string of the molecule is CCC(C)(NC(=O)[C@@H]1CC[C@H](CN)O1)C(=O)OC.Cl. The molecule has 0 radical (unpaired) electrons. The first-order valence-electron chi connectivity index (χ1n) is 6.22. The van der Waals surface area contributed by atoms with Crippen LogP contribution in [0.4, 0.5) is 0 Å². The third kappa shape index (κ3) is 4.33. The molecule has 1 rings (SSSR count). The second-order valence-electron chi connectivity index (χ2n) is 4.73. The van der Waals surface area contributed by atoms with Crippen molar-refractivity contribution < 1.29 is 19.1 Å². The van der Waals surface area contributed by atoms with Gasteiger partial charge in [-0.25, -0.2) is 4.79 Å². The summed E-state index contributed by atoms with van der Waals surface area (Å²) >= 11 is 0. The Morgan fingerprint density at radius 1 is 1.47 bits per heavy atom. The van der Waals surface area contributed by atoms with Crippen molar-refractivity contribution in [2.24, 2.45) is 5.73 Å². The van der Waals surface area contributed by atoms with Crippen molar-refractivity contribution in [1.82, 2.24) is 5.32 Å². The summed E-state index contributed by atoms with van der Waals surface area (Å²) in [6, 6.07) is 0. The highest BCUT2D eigenvalue weighted by Crippen LogP contribution is 2.20. The summed E-state index contributed by atoms with van der Waals surface area (Å²) in [5.74, 6) is -0.729. The molecule has 0 aromatic heterocycles. The molecular formula is C12H23ClN2O4. The van der Waals surface area contributed by atoms with E-state index >= 15 is 0 Å². The van der Waals surface area contributed by atoms with E-state index in [1.54, 1.807) is 6.92 Å². The Balaban J connectivity index is 0.00000324. The van der Waals surface area contributed by atoms with Crippen molar-refractivity contribution in [2.45, 2.75) is 50.9 Å². The normalized spacial score (nSPS) is 25.1. The zero-order valence-corrected chi connectivity index (χ0v) is 12.4. The predicted octanol–water partition coefficient (Wildman–Crippen LogP) is 0.372. The standard InChI is InChI=1S/C12H22N2O4.ClH/c1-4-12(2,11(16)17-3)14-10(15)9-6-5-8(7-13)18-9;/h8-9H,4-7,13H2,1-3H3,(H,14,15);1H/t8-,9+,12?;/m1./s1. The van der Waals surface area contributed by atoms with Crippen LogP contribution in [0, 0.1) is 0 Å². The summed E-state index contributed by atoms with van der Waals surface area (Å²) in [6.07, 6.45) is 1.28. The van der Waals surface area contributed by atoms with Crippen LogP contribution in [0.2, 0.25) is 0 Å². The summed E-state index contributed by atoms with van der Waals surface area (Å²) in [5, 5.41) is 2.70. The maximum absolute atomic E-state index is 12.0. The lowest BCUT2D eigenvalue weighted by atomic mass is 9.98. The highest BCUT2D eigenvalue weighted by atomic mass is 35.5. The fourth-order valence-corrected chi connectivity index (χ4v) is 1.93. The molecule has 1 saturated heterocycles. The maximum Gasteiger partial charge on any atom is 0.331 e. The number of carbonyl (C=O) groups excluding carboxylic acids is 2. The highest BCUT2D eigenvalue weighted by molar-refractivity contribution is 5.89. The van der Waals surface area contributed by atoms with Crippen LogP contribution >= 0.6 is 12.4 Å². The van der Waals surface area contributed by atoms with E-state index in [1.807, 2.05) is 6.92 Å². The number of methoxy groups -OCH3 is 1. The Bertz CT molecular complexity index is 327. The average molecular weight is 295 g/mol. The molecule has 0 spiro atoms. The molecular weight excluding hydrogens is 272 g/mol. The number of rotatable bonds is 5. The molecule has 1 fully saturated rings. The average Bonchev–Trinajstić information content (AvgIpc) is 2.86. The van der Waals surface area contributed by atoms with Gasteiger partial charge >= 0.3 is 5.97 Å². The molecule has 1 unspecified atom stereocenters. The number of carbonyl (C=O) groups is 2. The minimum absolute atomic E-state index is 0. The van der Waals surface area contributed by atoms with E-state index in [1.165, 1.54) is 7.11 Å². The van der Waals surface area contributed by atoms with Gasteiger partial charge in [0.25, 0.3) is 0 Å². The Morgan fingerprint density at radius 3 is 2.53 bits per heavy atom. The number of halogens is 1. The smallest absolute Gasteiger partial charge is 0.331 e. The lowest BCUT2D eigenvalue weighted by Gasteiger charge is -2.27. The topological polar surface area (TPSA) is 90.7 Å². The van der Waals surface area contributed by atoms with Crippen LogP contribution in [0.3, 0.4) is 0 Å². The molecule has 112 valence electrons. The molecule has 3 atom stereocenters. The van der Waals surface area contributed by atoms with Gasteiger partial charge in [-0.3, -0.25) is 4.79 Å². The van der Waals surface area contributed by atoms with E-state index < -0.39 is 17.6 Å². The van der Waals surface area contributed by atoms with E-state index in [4.69, 9.17) is 15.2 Å². The van der Waals surface area contributed by atoms with Gasteiger partial charge in [0.15, 0.2) is 0 Å². The van der Waals surface area contributed by atoms with Gasteiger partial charge in [0, 0.05) is 6.54 Å². The minimum atomic E-state index is -1.00. The summed E-state index contributed by atoms with van der Waals surface area (Å²) in [7, 11) is 1.30. The third-order valence-electron chi connectivity index (χ3n) is 3.40. The van der Waals surface area contributed by atoms with Gasteiger partial charge in [-0.05, 0) is 26.2 Å². The van der Waals surface area contributed by atoms with Crippen molar-refractivity contribution in [3.05, 3.63) is 0 Å². The molecule has 1 aliphatic heterocycles. The fourth-order valence-electron chi connectivity index (χ4n) is 1.93. The van der Waals surface area contributed by atoms with Gasteiger partial charge in [0.1, 0.15) is 11.6 Å². The zero-order chi connectivity index (χ0) is 13.8. The molecule has 0 aromatic rings. The van der Waals surface area contributed by atoms with Gasteiger partial charge in [0.2, 0.25) is 5.91 Å². The first-order chi connectivity index (χ1) is 8.46. The largest absolute Gasteiger partial charge is 0.467 e. The molecule has 1 aliphatic rings. The summed E-state index contributed by atoms with van der Waals surface area (Å²) in [5.41, 5.74) is 4.48. The number of esters is 1. The van der Waals surface area contributed by atoms with Crippen LogP contribution in [0.1, 0.15) is 33.1 Å². The van der Waals surface area contributed by atoms with Crippen molar-refractivity contribution in [3.8, 4) is 0 Å². The first kappa shape index (κ1) is 18.1. The first-order valence-corrected chi connectivity index (χ1v) is 6.22. The minimum Gasteiger partial charge on any atom is -0.467 e. The molecule has 3 N–H and O–H groups in total. The number of ether oxygens (including phenoxy) is 2. The summed E-state index contributed by atoms with van der Waals surface area (Å²) in [4.78, 5) is 23.7. The van der Waals surface area contributed by atoms with E-state index in [-0.39, 0.29) is 24.4 Å². The van der Waals surface area contributed by atoms with Crippen LogP contribution in [-0.4, -0.2) is 43.3 Å².